The van der Waals surface area contributed by atoms with Crippen LogP contribution >= 0.6 is 12.4 Å². The predicted molar refractivity (Wildman–Crippen MR) is 100 cm³/mol. The van der Waals surface area contributed by atoms with Gasteiger partial charge in [0.15, 0.2) is 6.29 Å². The van der Waals surface area contributed by atoms with E-state index in [0.717, 1.165) is 5.56 Å². The van der Waals surface area contributed by atoms with Gasteiger partial charge in [-0.15, -0.1) is 12.4 Å². The predicted octanol–water partition coefficient (Wildman–Crippen LogP) is 5.91. The van der Waals surface area contributed by atoms with Gasteiger partial charge < -0.3 is 14.8 Å². The Kier molecular flexibility index (Phi) is 7.79. The normalized spacial score (nSPS) is 21.0. The minimum atomic E-state index is -4.91. The fourth-order valence-electron chi connectivity index (χ4n) is 3.13. The zero-order chi connectivity index (χ0) is 21.2. The van der Waals surface area contributed by atoms with Crippen LogP contribution in [0.4, 0.5) is 26.3 Å². The summed E-state index contributed by atoms with van der Waals surface area (Å²) < 4.78 is 90.0. The summed E-state index contributed by atoms with van der Waals surface area (Å²) >= 11 is 0. The minimum absolute atomic E-state index is 0. The smallest absolute Gasteiger partial charge is 0.349 e. The van der Waals surface area contributed by atoms with E-state index in [1.165, 1.54) is 6.92 Å². The number of nitrogens with one attached hydrogen (secondary N) is 1. The highest BCUT2D eigenvalue weighted by molar-refractivity contribution is 5.85. The zero-order valence-electron chi connectivity index (χ0n) is 15.8. The molecule has 0 radical (unpaired) electrons. The Balaban J connectivity index is 0.00000320. The zero-order valence-corrected chi connectivity index (χ0v) is 16.6. The van der Waals surface area contributed by atoms with Gasteiger partial charge in [0, 0.05) is 6.54 Å². The van der Waals surface area contributed by atoms with Crippen molar-refractivity contribution in [3.63, 3.8) is 0 Å². The maximum atomic E-state index is 13.1. The molecule has 1 heterocycles. The van der Waals surface area contributed by atoms with Crippen LogP contribution in [-0.4, -0.2) is 19.4 Å². The molecule has 1 saturated heterocycles. The van der Waals surface area contributed by atoms with Gasteiger partial charge in [-0.3, -0.25) is 0 Å². The summed E-state index contributed by atoms with van der Waals surface area (Å²) in [6.07, 6.45) is -11.8. The van der Waals surface area contributed by atoms with Crippen LogP contribution < -0.4 is 5.32 Å². The number of morpholine rings is 1. The summed E-state index contributed by atoms with van der Waals surface area (Å²) in [7, 11) is 0. The number of ether oxygens (including phenoxy) is 2. The maximum Gasteiger partial charge on any atom is 0.416 e. The molecule has 0 aliphatic carbocycles. The Hall–Kier alpha value is -1.81. The van der Waals surface area contributed by atoms with Crippen LogP contribution in [0.3, 0.4) is 0 Å². The quantitative estimate of drug-likeness (QED) is 0.581. The molecule has 0 aromatic heterocycles. The summed E-state index contributed by atoms with van der Waals surface area (Å²) in [5.41, 5.74) is -2.14. The van der Waals surface area contributed by atoms with Crippen LogP contribution in [0.25, 0.3) is 0 Å². The van der Waals surface area contributed by atoms with Crippen molar-refractivity contribution in [3.05, 3.63) is 70.8 Å². The number of hydrogen-bond acceptors (Lipinski definition) is 3. The highest BCUT2D eigenvalue weighted by Gasteiger charge is 2.38. The average molecular weight is 456 g/mol. The molecule has 166 valence electrons. The fraction of sp³-hybridized carbons (Fsp3) is 0.400. The monoisotopic (exact) mass is 455 g/mol. The lowest BCUT2D eigenvalue weighted by molar-refractivity contribution is -0.200. The third kappa shape index (κ3) is 5.87. The minimum Gasteiger partial charge on any atom is -0.349 e. The molecule has 0 bridgehead atoms. The van der Waals surface area contributed by atoms with Gasteiger partial charge in [-0.25, -0.2) is 0 Å². The number of halogens is 7. The van der Waals surface area contributed by atoms with Crippen molar-refractivity contribution in [2.24, 2.45) is 0 Å². The SMILES string of the molecule is C[C@@H](O[C@H]1OCCN[C@H]1c1ccccc1)c1cc(C(F)(F)F)cc(C(F)(F)F)c1.Cl. The molecule has 1 fully saturated rings. The molecule has 0 saturated carbocycles. The second kappa shape index (κ2) is 9.55. The molecule has 3 rings (SSSR count). The maximum absolute atomic E-state index is 13.1. The van der Waals surface area contributed by atoms with Crippen molar-refractivity contribution in [1.29, 1.82) is 0 Å². The van der Waals surface area contributed by atoms with E-state index in [4.69, 9.17) is 9.47 Å². The lowest BCUT2D eigenvalue weighted by Crippen LogP contribution is -2.43. The molecule has 10 heteroatoms. The average Bonchev–Trinajstić information content (AvgIpc) is 2.67. The molecule has 0 spiro atoms. The summed E-state index contributed by atoms with van der Waals surface area (Å²) in [6, 6.07) is 10.2. The van der Waals surface area contributed by atoms with E-state index >= 15 is 0 Å². The van der Waals surface area contributed by atoms with Crippen LogP contribution in [0.15, 0.2) is 48.5 Å². The lowest BCUT2D eigenvalue weighted by atomic mass is 10.0. The van der Waals surface area contributed by atoms with E-state index in [2.05, 4.69) is 5.32 Å². The largest absolute Gasteiger partial charge is 0.416 e. The van der Waals surface area contributed by atoms with Crippen molar-refractivity contribution in [2.75, 3.05) is 13.2 Å². The van der Waals surface area contributed by atoms with E-state index in [0.29, 0.717) is 25.3 Å². The first-order valence-electron chi connectivity index (χ1n) is 8.90. The lowest BCUT2D eigenvalue weighted by Gasteiger charge is -2.34. The second-order valence-corrected chi connectivity index (χ2v) is 6.70. The summed E-state index contributed by atoms with van der Waals surface area (Å²) in [4.78, 5) is 0. The molecule has 1 aliphatic heterocycles. The number of rotatable bonds is 4. The molecule has 3 atom stereocenters. The molecule has 1 N–H and O–H groups in total. The van der Waals surface area contributed by atoms with Gasteiger partial charge >= 0.3 is 12.4 Å². The van der Waals surface area contributed by atoms with Crippen molar-refractivity contribution in [2.45, 2.75) is 37.7 Å². The molecule has 1 aliphatic rings. The summed E-state index contributed by atoms with van der Waals surface area (Å²) in [6.45, 7) is 2.24. The summed E-state index contributed by atoms with van der Waals surface area (Å²) in [5.74, 6) is 0. The third-order valence-electron chi connectivity index (χ3n) is 4.60. The van der Waals surface area contributed by atoms with Gasteiger partial charge in [-0.05, 0) is 36.2 Å². The first kappa shape index (κ1) is 24.5. The third-order valence-corrected chi connectivity index (χ3v) is 4.60. The van der Waals surface area contributed by atoms with E-state index in [9.17, 15) is 26.3 Å². The molecule has 0 amide bonds. The van der Waals surface area contributed by atoms with E-state index < -0.39 is 41.9 Å². The van der Waals surface area contributed by atoms with Gasteiger partial charge in [-0.2, -0.15) is 26.3 Å². The number of hydrogen-bond donors (Lipinski definition) is 1. The Labute approximate surface area is 175 Å². The van der Waals surface area contributed by atoms with Crippen molar-refractivity contribution < 1.29 is 35.8 Å². The van der Waals surface area contributed by atoms with E-state index in [1.807, 2.05) is 30.3 Å². The Morgan fingerprint density at radius 3 is 2.07 bits per heavy atom. The van der Waals surface area contributed by atoms with Gasteiger partial charge in [0.2, 0.25) is 0 Å². The van der Waals surface area contributed by atoms with Gasteiger partial charge in [0.25, 0.3) is 0 Å². The van der Waals surface area contributed by atoms with Crippen LogP contribution in [0.2, 0.25) is 0 Å². The molecular formula is C20H20ClF6NO2. The molecule has 3 nitrogen and oxygen atoms in total. The molecule has 2 aromatic carbocycles. The molecule has 30 heavy (non-hydrogen) atoms. The van der Waals surface area contributed by atoms with Gasteiger partial charge in [-0.1, -0.05) is 30.3 Å². The topological polar surface area (TPSA) is 30.5 Å². The number of benzene rings is 2. The Morgan fingerprint density at radius 2 is 1.53 bits per heavy atom. The van der Waals surface area contributed by atoms with Crippen LogP contribution in [-0.2, 0) is 21.8 Å². The first-order chi connectivity index (χ1) is 13.6. The van der Waals surface area contributed by atoms with Crippen molar-refractivity contribution in [3.8, 4) is 0 Å². The van der Waals surface area contributed by atoms with E-state index in [-0.39, 0.29) is 24.0 Å². The molecular weight excluding hydrogens is 436 g/mol. The standard InChI is InChI=1S/C20H19F6NO2.ClH/c1-12(14-9-15(19(21,22)23)11-16(10-14)20(24,25)26)29-18-17(27-7-8-28-18)13-5-3-2-4-6-13;/h2-6,9-12,17-18,27H,7-8H2,1H3;1H/t12-,17+,18-;/m1./s1. The van der Waals surface area contributed by atoms with Crippen LogP contribution in [0.5, 0.6) is 0 Å². The Bertz CT molecular complexity index is 796. The van der Waals surface area contributed by atoms with Crippen molar-refractivity contribution in [1.82, 2.24) is 5.32 Å². The van der Waals surface area contributed by atoms with Crippen molar-refractivity contribution >= 4 is 12.4 Å². The Morgan fingerprint density at radius 1 is 0.967 bits per heavy atom. The summed E-state index contributed by atoms with van der Waals surface area (Å²) in [5, 5.41) is 3.20. The van der Waals surface area contributed by atoms with E-state index in [1.54, 1.807) is 0 Å². The highest BCUT2D eigenvalue weighted by Crippen LogP contribution is 2.38. The highest BCUT2D eigenvalue weighted by atomic mass is 35.5. The second-order valence-electron chi connectivity index (χ2n) is 6.70. The van der Waals surface area contributed by atoms with Gasteiger partial charge in [0.05, 0.1) is 29.9 Å². The van der Waals surface area contributed by atoms with Crippen LogP contribution in [0.1, 0.15) is 41.3 Å². The molecule has 2 aromatic rings. The fourth-order valence-corrected chi connectivity index (χ4v) is 3.13. The van der Waals surface area contributed by atoms with Gasteiger partial charge in [0.1, 0.15) is 0 Å². The molecule has 0 unspecified atom stereocenters. The van der Waals surface area contributed by atoms with Crippen LogP contribution in [0, 0.1) is 0 Å². The number of alkyl halides is 6. The first-order valence-corrected chi connectivity index (χ1v) is 8.90.